The van der Waals surface area contributed by atoms with Crippen LogP contribution >= 0.6 is 0 Å². The smallest absolute Gasteiger partial charge is 0.323 e. The van der Waals surface area contributed by atoms with E-state index in [1.165, 1.54) is 0 Å². The second kappa shape index (κ2) is 11.0. The number of hydrogen-bond acceptors (Lipinski definition) is 5. The first-order valence-electron chi connectivity index (χ1n) is 7.18. The van der Waals surface area contributed by atoms with Gasteiger partial charge in [-0.1, -0.05) is 6.92 Å². The molecule has 0 amide bonds. The maximum Gasteiger partial charge on any atom is 0.323 e. The predicted octanol–water partition coefficient (Wildman–Crippen LogP) is 0.814. The Morgan fingerprint density at radius 1 is 1.20 bits per heavy atom. The molecule has 1 unspecified atom stereocenters. The molecular weight excluding hydrogens is 260 g/mol. The molecule has 0 aromatic rings. The number of carbonyl (C=O) groups is 1. The zero-order chi connectivity index (χ0) is 15.4. The minimum atomic E-state index is -0.881. The van der Waals surface area contributed by atoms with Gasteiger partial charge in [0.2, 0.25) is 0 Å². The fourth-order valence-electron chi connectivity index (χ4n) is 1.83. The summed E-state index contributed by atoms with van der Waals surface area (Å²) in [4.78, 5) is 13.6. The van der Waals surface area contributed by atoms with Crippen molar-refractivity contribution >= 4 is 5.97 Å². The second-order valence-corrected chi connectivity index (χ2v) is 5.14. The topological polar surface area (TPSA) is 71.0 Å². The SMILES string of the molecule is CCCNC(C)(CCN(CCOC)CCOC)C(=O)O. The Hall–Kier alpha value is -0.690. The molecule has 0 aromatic heterocycles. The van der Waals surface area contributed by atoms with Crippen molar-refractivity contribution in [3.05, 3.63) is 0 Å². The molecular formula is C14H30N2O4. The molecule has 0 aromatic carbocycles. The fourth-order valence-corrected chi connectivity index (χ4v) is 1.83. The lowest BCUT2D eigenvalue weighted by Gasteiger charge is -2.30. The lowest BCUT2D eigenvalue weighted by molar-refractivity contribution is -0.144. The van der Waals surface area contributed by atoms with Crippen LogP contribution < -0.4 is 5.32 Å². The number of aliphatic carboxylic acids is 1. The summed E-state index contributed by atoms with van der Waals surface area (Å²) in [5.74, 6) is -0.801. The first-order chi connectivity index (χ1) is 9.50. The van der Waals surface area contributed by atoms with Crippen LogP contribution in [0, 0.1) is 0 Å². The minimum absolute atomic E-state index is 0.551. The number of carboxylic acids is 1. The number of hydrogen-bond donors (Lipinski definition) is 2. The molecule has 20 heavy (non-hydrogen) atoms. The summed E-state index contributed by atoms with van der Waals surface area (Å²) in [6.45, 7) is 8.01. The molecule has 6 heteroatoms. The molecule has 0 heterocycles. The van der Waals surface area contributed by atoms with Gasteiger partial charge in [-0.15, -0.1) is 0 Å². The summed E-state index contributed by atoms with van der Waals surface area (Å²) >= 11 is 0. The van der Waals surface area contributed by atoms with Crippen LogP contribution in [0.2, 0.25) is 0 Å². The molecule has 0 aliphatic rings. The zero-order valence-corrected chi connectivity index (χ0v) is 13.3. The summed E-state index contributed by atoms with van der Waals surface area (Å²) in [7, 11) is 3.33. The van der Waals surface area contributed by atoms with E-state index in [4.69, 9.17) is 9.47 Å². The van der Waals surface area contributed by atoms with Crippen molar-refractivity contribution in [2.45, 2.75) is 32.2 Å². The zero-order valence-electron chi connectivity index (χ0n) is 13.3. The van der Waals surface area contributed by atoms with Crippen LogP contribution in [0.25, 0.3) is 0 Å². The van der Waals surface area contributed by atoms with Gasteiger partial charge in [0.05, 0.1) is 13.2 Å². The largest absolute Gasteiger partial charge is 0.480 e. The quantitative estimate of drug-likeness (QED) is 0.523. The first-order valence-corrected chi connectivity index (χ1v) is 7.18. The van der Waals surface area contributed by atoms with E-state index in [1.54, 1.807) is 21.1 Å². The van der Waals surface area contributed by atoms with Gasteiger partial charge in [0.15, 0.2) is 0 Å². The highest BCUT2D eigenvalue weighted by atomic mass is 16.5. The molecule has 0 radical (unpaired) electrons. The highest BCUT2D eigenvalue weighted by Crippen LogP contribution is 2.11. The van der Waals surface area contributed by atoms with Crippen molar-refractivity contribution in [1.82, 2.24) is 10.2 Å². The standard InChI is InChI=1S/C14H30N2O4/c1-5-7-15-14(2,13(17)18)6-8-16(9-11-19-3)10-12-20-4/h15H,5-12H2,1-4H3,(H,17,18). The molecule has 0 saturated carbocycles. The van der Waals surface area contributed by atoms with Gasteiger partial charge in [0.1, 0.15) is 5.54 Å². The summed E-state index contributed by atoms with van der Waals surface area (Å²) in [5, 5.41) is 12.5. The Labute approximate surface area is 122 Å². The summed E-state index contributed by atoms with van der Waals surface area (Å²) < 4.78 is 10.2. The first kappa shape index (κ1) is 19.3. The molecule has 0 rings (SSSR count). The van der Waals surface area contributed by atoms with Crippen LogP contribution in [-0.4, -0.2) is 75.1 Å². The van der Waals surface area contributed by atoms with E-state index in [-0.39, 0.29) is 0 Å². The van der Waals surface area contributed by atoms with Gasteiger partial charge in [0.25, 0.3) is 0 Å². The third-order valence-corrected chi connectivity index (χ3v) is 3.39. The van der Waals surface area contributed by atoms with E-state index >= 15 is 0 Å². The third-order valence-electron chi connectivity index (χ3n) is 3.39. The predicted molar refractivity (Wildman–Crippen MR) is 79.1 cm³/mol. The van der Waals surface area contributed by atoms with Crippen LogP contribution in [0.1, 0.15) is 26.7 Å². The van der Waals surface area contributed by atoms with E-state index in [1.807, 2.05) is 6.92 Å². The van der Waals surface area contributed by atoms with Gasteiger partial charge in [-0.25, -0.2) is 0 Å². The molecule has 6 nitrogen and oxygen atoms in total. The minimum Gasteiger partial charge on any atom is -0.480 e. The Morgan fingerprint density at radius 3 is 2.15 bits per heavy atom. The Morgan fingerprint density at radius 2 is 1.75 bits per heavy atom. The maximum absolute atomic E-state index is 11.4. The van der Waals surface area contributed by atoms with Crippen molar-refractivity contribution in [2.75, 3.05) is 53.6 Å². The van der Waals surface area contributed by atoms with Crippen LogP contribution in [-0.2, 0) is 14.3 Å². The maximum atomic E-state index is 11.4. The molecule has 0 spiro atoms. The highest BCUT2D eigenvalue weighted by molar-refractivity contribution is 5.78. The molecule has 2 N–H and O–H groups in total. The number of nitrogens with zero attached hydrogens (tertiary/aromatic N) is 1. The van der Waals surface area contributed by atoms with E-state index in [0.29, 0.717) is 32.7 Å². The fraction of sp³-hybridized carbons (Fsp3) is 0.929. The molecule has 120 valence electrons. The number of carboxylic acid groups (broad SMARTS) is 1. The normalized spacial score (nSPS) is 14.4. The molecule has 0 bridgehead atoms. The van der Waals surface area contributed by atoms with Gasteiger partial charge in [0, 0.05) is 33.9 Å². The second-order valence-electron chi connectivity index (χ2n) is 5.14. The van der Waals surface area contributed by atoms with Crippen molar-refractivity contribution in [2.24, 2.45) is 0 Å². The highest BCUT2D eigenvalue weighted by Gasteiger charge is 2.32. The number of nitrogens with one attached hydrogen (secondary N) is 1. The van der Waals surface area contributed by atoms with E-state index in [9.17, 15) is 9.90 Å². The van der Waals surface area contributed by atoms with Gasteiger partial charge >= 0.3 is 5.97 Å². The molecule has 0 aliphatic heterocycles. The lowest BCUT2D eigenvalue weighted by atomic mass is 9.97. The summed E-state index contributed by atoms with van der Waals surface area (Å²) in [5.41, 5.74) is -0.881. The molecule has 0 fully saturated rings. The van der Waals surface area contributed by atoms with Gasteiger partial charge < -0.3 is 19.9 Å². The average Bonchev–Trinajstić information content (AvgIpc) is 2.44. The Kier molecular flexibility index (Phi) is 10.6. The monoisotopic (exact) mass is 290 g/mol. The van der Waals surface area contributed by atoms with Gasteiger partial charge in [-0.05, 0) is 26.3 Å². The van der Waals surface area contributed by atoms with E-state index in [0.717, 1.165) is 19.5 Å². The van der Waals surface area contributed by atoms with E-state index < -0.39 is 11.5 Å². The third kappa shape index (κ3) is 7.79. The van der Waals surface area contributed by atoms with Gasteiger partial charge in [-0.2, -0.15) is 0 Å². The number of methoxy groups -OCH3 is 2. The van der Waals surface area contributed by atoms with E-state index in [2.05, 4.69) is 10.2 Å². The van der Waals surface area contributed by atoms with Gasteiger partial charge in [-0.3, -0.25) is 9.69 Å². The lowest BCUT2D eigenvalue weighted by Crippen LogP contribution is -2.52. The average molecular weight is 290 g/mol. The van der Waals surface area contributed by atoms with Crippen molar-refractivity contribution in [1.29, 1.82) is 0 Å². The van der Waals surface area contributed by atoms with Crippen molar-refractivity contribution < 1.29 is 19.4 Å². The molecule has 1 atom stereocenters. The summed E-state index contributed by atoms with van der Waals surface area (Å²) in [6, 6.07) is 0. The van der Waals surface area contributed by atoms with Crippen LogP contribution in [0.3, 0.4) is 0 Å². The van der Waals surface area contributed by atoms with Crippen LogP contribution in [0.5, 0.6) is 0 Å². The van der Waals surface area contributed by atoms with Crippen LogP contribution in [0.15, 0.2) is 0 Å². The Bertz CT molecular complexity index is 256. The van der Waals surface area contributed by atoms with Crippen LogP contribution in [0.4, 0.5) is 0 Å². The number of rotatable bonds is 13. The Balaban J connectivity index is 4.39. The summed E-state index contributed by atoms with van der Waals surface area (Å²) in [6.07, 6.45) is 1.47. The number of ether oxygens (including phenoxy) is 2. The van der Waals surface area contributed by atoms with Crippen molar-refractivity contribution in [3.8, 4) is 0 Å². The molecule has 0 saturated heterocycles. The molecule has 0 aliphatic carbocycles. The van der Waals surface area contributed by atoms with Crippen molar-refractivity contribution in [3.63, 3.8) is 0 Å².